The summed E-state index contributed by atoms with van der Waals surface area (Å²) in [7, 11) is 0. The number of para-hydroxylation sites is 1. The number of aliphatic hydroxyl groups excluding tert-OH is 1. The molecule has 1 aromatic heterocycles. The highest BCUT2D eigenvalue weighted by Gasteiger charge is 2.48. The SMILES string of the molecule is O=C(NC1C2CC3CC(C2)CC1C3)Oc1cnn(-c2ccccc2)c1NCCO. The Morgan fingerprint density at radius 3 is 2.45 bits per heavy atom. The van der Waals surface area contributed by atoms with Gasteiger partial charge in [-0.15, -0.1) is 0 Å². The van der Waals surface area contributed by atoms with Gasteiger partial charge in [-0.2, -0.15) is 5.10 Å². The number of benzene rings is 1. The first-order valence-electron chi connectivity index (χ1n) is 10.7. The molecule has 6 rings (SSSR count). The van der Waals surface area contributed by atoms with E-state index in [1.54, 1.807) is 10.9 Å². The number of anilines is 1. The zero-order valence-electron chi connectivity index (χ0n) is 16.5. The quantitative estimate of drug-likeness (QED) is 0.698. The van der Waals surface area contributed by atoms with Crippen molar-refractivity contribution in [1.29, 1.82) is 0 Å². The van der Waals surface area contributed by atoms with Crippen LogP contribution in [0.3, 0.4) is 0 Å². The third-order valence-electron chi connectivity index (χ3n) is 6.85. The summed E-state index contributed by atoms with van der Waals surface area (Å²) in [6.07, 6.45) is 7.49. The number of carbonyl (C=O) groups excluding carboxylic acids is 1. The van der Waals surface area contributed by atoms with Crippen LogP contribution in [0.15, 0.2) is 36.5 Å². The lowest BCUT2D eigenvalue weighted by Crippen LogP contribution is -2.56. The number of aromatic nitrogens is 2. The van der Waals surface area contributed by atoms with Crippen molar-refractivity contribution in [2.24, 2.45) is 23.7 Å². The maximum atomic E-state index is 12.7. The Labute approximate surface area is 170 Å². The molecule has 7 heteroatoms. The van der Waals surface area contributed by atoms with Gasteiger partial charge in [0.15, 0.2) is 11.6 Å². The van der Waals surface area contributed by atoms with Crippen LogP contribution in [0.5, 0.6) is 5.75 Å². The van der Waals surface area contributed by atoms with E-state index in [1.165, 1.54) is 32.1 Å². The molecule has 4 fully saturated rings. The number of rotatable bonds is 6. The summed E-state index contributed by atoms with van der Waals surface area (Å²) in [5, 5.41) is 19.9. The highest BCUT2D eigenvalue weighted by Crippen LogP contribution is 2.53. The van der Waals surface area contributed by atoms with E-state index < -0.39 is 6.09 Å². The van der Waals surface area contributed by atoms with Crippen LogP contribution in [-0.2, 0) is 0 Å². The van der Waals surface area contributed by atoms with Gasteiger partial charge in [0, 0.05) is 12.6 Å². The van der Waals surface area contributed by atoms with E-state index in [1.807, 2.05) is 30.3 Å². The lowest BCUT2D eigenvalue weighted by atomic mass is 9.54. The van der Waals surface area contributed by atoms with E-state index in [-0.39, 0.29) is 12.6 Å². The Hall–Kier alpha value is -2.54. The minimum Gasteiger partial charge on any atom is -0.405 e. The van der Waals surface area contributed by atoms with Gasteiger partial charge < -0.3 is 20.5 Å². The Morgan fingerprint density at radius 1 is 1.10 bits per heavy atom. The molecule has 0 unspecified atom stereocenters. The standard InChI is InChI=1S/C22H28N4O3/c27-7-6-23-21-19(13-24-26(21)18-4-2-1-3-5-18)29-22(28)25-20-16-9-14-8-15(11-16)12-17(20)10-14/h1-5,13-17,20,23,27H,6-12H2,(H,25,28). The summed E-state index contributed by atoms with van der Waals surface area (Å²) in [5.41, 5.74) is 0.851. The first-order valence-corrected chi connectivity index (χ1v) is 10.7. The second kappa shape index (κ2) is 7.71. The molecule has 0 aliphatic heterocycles. The summed E-state index contributed by atoms with van der Waals surface area (Å²) in [4.78, 5) is 12.7. The number of aliphatic hydroxyl groups is 1. The van der Waals surface area contributed by atoms with Gasteiger partial charge in [0.2, 0.25) is 0 Å². The Morgan fingerprint density at radius 2 is 1.79 bits per heavy atom. The third-order valence-corrected chi connectivity index (χ3v) is 6.85. The van der Waals surface area contributed by atoms with Crippen LogP contribution in [0, 0.1) is 23.7 Å². The van der Waals surface area contributed by atoms with Crippen LogP contribution in [0.1, 0.15) is 32.1 Å². The molecule has 1 aromatic carbocycles. The molecule has 4 saturated carbocycles. The van der Waals surface area contributed by atoms with E-state index in [0.717, 1.165) is 17.5 Å². The van der Waals surface area contributed by atoms with Crippen molar-refractivity contribution in [2.75, 3.05) is 18.5 Å². The van der Waals surface area contributed by atoms with Crippen molar-refractivity contribution >= 4 is 11.9 Å². The molecule has 2 aromatic rings. The first kappa shape index (κ1) is 18.5. The molecular formula is C22H28N4O3. The van der Waals surface area contributed by atoms with Crippen LogP contribution in [0.4, 0.5) is 10.6 Å². The molecule has 0 radical (unpaired) electrons. The minimum absolute atomic E-state index is 0.0284. The summed E-state index contributed by atoms with van der Waals surface area (Å²) in [5.74, 6) is 3.85. The molecule has 7 nitrogen and oxygen atoms in total. The maximum Gasteiger partial charge on any atom is 0.413 e. The lowest BCUT2D eigenvalue weighted by molar-refractivity contribution is -0.0114. The van der Waals surface area contributed by atoms with Gasteiger partial charge in [0.1, 0.15) is 0 Å². The van der Waals surface area contributed by atoms with Crippen molar-refractivity contribution < 1.29 is 14.6 Å². The predicted octanol–water partition coefficient (Wildman–Crippen LogP) is 3.19. The lowest BCUT2D eigenvalue weighted by Gasteiger charge is -2.54. The van der Waals surface area contributed by atoms with Gasteiger partial charge in [-0.25, -0.2) is 9.48 Å². The predicted molar refractivity (Wildman–Crippen MR) is 109 cm³/mol. The number of hydrogen-bond acceptors (Lipinski definition) is 5. The van der Waals surface area contributed by atoms with Gasteiger partial charge in [0.25, 0.3) is 0 Å². The number of amides is 1. The molecule has 29 heavy (non-hydrogen) atoms. The average Bonchev–Trinajstić information content (AvgIpc) is 3.11. The molecule has 0 atom stereocenters. The van der Waals surface area contributed by atoms with Gasteiger partial charge in [-0.1, -0.05) is 18.2 Å². The second-order valence-corrected chi connectivity index (χ2v) is 8.75. The summed E-state index contributed by atoms with van der Waals surface area (Å²) < 4.78 is 7.35. The van der Waals surface area contributed by atoms with Crippen molar-refractivity contribution in [2.45, 2.75) is 38.1 Å². The highest BCUT2D eigenvalue weighted by atomic mass is 16.6. The third kappa shape index (κ3) is 3.59. The molecule has 4 bridgehead atoms. The fraction of sp³-hybridized carbons (Fsp3) is 0.545. The molecule has 3 N–H and O–H groups in total. The fourth-order valence-electron chi connectivity index (χ4n) is 5.94. The Kier molecular flexibility index (Phi) is 4.91. The smallest absolute Gasteiger partial charge is 0.405 e. The molecule has 154 valence electrons. The zero-order chi connectivity index (χ0) is 19.8. The van der Waals surface area contributed by atoms with Crippen molar-refractivity contribution in [1.82, 2.24) is 15.1 Å². The molecular weight excluding hydrogens is 368 g/mol. The van der Waals surface area contributed by atoms with E-state index in [4.69, 9.17) is 4.74 Å². The first-order chi connectivity index (χ1) is 14.2. The van der Waals surface area contributed by atoms with E-state index >= 15 is 0 Å². The Balaban J connectivity index is 1.31. The van der Waals surface area contributed by atoms with E-state index in [0.29, 0.717) is 29.9 Å². The molecule has 1 heterocycles. The summed E-state index contributed by atoms with van der Waals surface area (Å²) in [6.45, 7) is 0.311. The van der Waals surface area contributed by atoms with Gasteiger partial charge in [-0.3, -0.25) is 0 Å². The fourth-order valence-corrected chi connectivity index (χ4v) is 5.94. The van der Waals surface area contributed by atoms with Gasteiger partial charge in [-0.05, 0) is 67.9 Å². The van der Waals surface area contributed by atoms with Gasteiger partial charge >= 0.3 is 6.09 Å². The molecule has 4 aliphatic carbocycles. The number of ether oxygens (including phenoxy) is 1. The molecule has 4 aliphatic rings. The van der Waals surface area contributed by atoms with Crippen LogP contribution in [-0.4, -0.2) is 40.2 Å². The van der Waals surface area contributed by atoms with Crippen LogP contribution in [0.2, 0.25) is 0 Å². The normalized spacial score (nSPS) is 29.6. The monoisotopic (exact) mass is 396 g/mol. The number of carbonyl (C=O) groups is 1. The topological polar surface area (TPSA) is 88.4 Å². The van der Waals surface area contributed by atoms with Crippen LogP contribution >= 0.6 is 0 Å². The minimum atomic E-state index is -0.415. The zero-order valence-corrected chi connectivity index (χ0v) is 16.5. The van der Waals surface area contributed by atoms with Crippen molar-refractivity contribution in [3.05, 3.63) is 36.5 Å². The number of hydrogen-bond donors (Lipinski definition) is 3. The van der Waals surface area contributed by atoms with Crippen molar-refractivity contribution in [3.8, 4) is 11.4 Å². The van der Waals surface area contributed by atoms with Crippen LogP contribution < -0.4 is 15.4 Å². The van der Waals surface area contributed by atoms with E-state index in [2.05, 4.69) is 15.7 Å². The molecule has 1 amide bonds. The largest absolute Gasteiger partial charge is 0.413 e. The second-order valence-electron chi connectivity index (χ2n) is 8.75. The van der Waals surface area contributed by atoms with Crippen LogP contribution in [0.25, 0.3) is 5.69 Å². The van der Waals surface area contributed by atoms with Gasteiger partial charge in [0.05, 0.1) is 18.5 Å². The molecule has 0 saturated heterocycles. The summed E-state index contributed by atoms with van der Waals surface area (Å²) in [6, 6.07) is 9.86. The number of nitrogens with zero attached hydrogens (tertiary/aromatic N) is 2. The number of nitrogens with one attached hydrogen (secondary N) is 2. The highest BCUT2D eigenvalue weighted by molar-refractivity contribution is 5.73. The molecule has 0 spiro atoms. The average molecular weight is 396 g/mol. The maximum absolute atomic E-state index is 12.7. The van der Waals surface area contributed by atoms with Crippen molar-refractivity contribution in [3.63, 3.8) is 0 Å². The van der Waals surface area contributed by atoms with E-state index in [9.17, 15) is 9.90 Å². The summed E-state index contributed by atoms with van der Waals surface area (Å²) >= 11 is 0. The Bertz CT molecular complexity index is 838.